The quantitative estimate of drug-likeness (QED) is 0.878. The van der Waals surface area contributed by atoms with E-state index in [1.165, 1.54) is 24.0 Å². The van der Waals surface area contributed by atoms with Gasteiger partial charge in [-0.1, -0.05) is 6.07 Å². The monoisotopic (exact) mass is 273 g/mol. The third-order valence-electron chi connectivity index (χ3n) is 4.38. The highest BCUT2D eigenvalue weighted by molar-refractivity contribution is 5.92. The van der Waals surface area contributed by atoms with Gasteiger partial charge >= 0.3 is 0 Å². The number of nitrogens with one attached hydrogen (secondary N) is 1. The molecule has 108 valence electrons. The summed E-state index contributed by atoms with van der Waals surface area (Å²) in [5.41, 5.74) is 9.64. The molecule has 0 saturated carbocycles. The molecule has 1 aliphatic carbocycles. The van der Waals surface area contributed by atoms with Gasteiger partial charge in [-0.25, -0.2) is 0 Å². The van der Waals surface area contributed by atoms with Gasteiger partial charge in [-0.15, -0.1) is 0 Å². The predicted octanol–water partition coefficient (Wildman–Crippen LogP) is 1.54. The van der Waals surface area contributed by atoms with E-state index in [2.05, 4.69) is 22.3 Å². The van der Waals surface area contributed by atoms with Crippen LogP contribution in [-0.2, 0) is 17.6 Å². The lowest BCUT2D eigenvalue weighted by atomic mass is 10.1. The Morgan fingerprint density at radius 2 is 2.00 bits per heavy atom. The van der Waals surface area contributed by atoms with E-state index in [0.717, 1.165) is 38.0 Å². The maximum absolute atomic E-state index is 12.1. The molecule has 0 unspecified atom stereocenters. The van der Waals surface area contributed by atoms with Crippen molar-refractivity contribution in [2.24, 2.45) is 5.73 Å². The molecule has 0 bridgehead atoms. The minimum Gasteiger partial charge on any atom is -0.328 e. The van der Waals surface area contributed by atoms with E-state index in [4.69, 9.17) is 5.73 Å². The first-order valence-corrected chi connectivity index (χ1v) is 7.60. The van der Waals surface area contributed by atoms with Crippen LogP contribution in [0.1, 0.15) is 30.4 Å². The van der Waals surface area contributed by atoms with E-state index in [1.54, 1.807) is 0 Å². The van der Waals surface area contributed by atoms with Crippen molar-refractivity contribution in [1.82, 2.24) is 4.90 Å². The lowest BCUT2D eigenvalue weighted by molar-refractivity contribution is -0.117. The summed E-state index contributed by atoms with van der Waals surface area (Å²) in [7, 11) is 0. The number of carbonyl (C=O) groups is 1. The highest BCUT2D eigenvalue weighted by Gasteiger charge is 2.18. The molecule has 0 radical (unpaired) electrons. The van der Waals surface area contributed by atoms with Gasteiger partial charge in [0.05, 0.1) is 6.54 Å². The average molecular weight is 273 g/mol. The Hall–Kier alpha value is -1.39. The van der Waals surface area contributed by atoms with Gasteiger partial charge < -0.3 is 11.1 Å². The second kappa shape index (κ2) is 5.94. The topological polar surface area (TPSA) is 58.4 Å². The third-order valence-corrected chi connectivity index (χ3v) is 4.38. The summed E-state index contributed by atoms with van der Waals surface area (Å²) in [6, 6.07) is 6.62. The van der Waals surface area contributed by atoms with Crippen LogP contribution in [0.4, 0.5) is 5.69 Å². The van der Waals surface area contributed by atoms with Crippen LogP contribution in [-0.4, -0.2) is 36.5 Å². The van der Waals surface area contributed by atoms with Gasteiger partial charge in [0.2, 0.25) is 5.91 Å². The number of nitrogens with two attached hydrogens (primary N) is 1. The first-order valence-electron chi connectivity index (χ1n) is 7.60. The Bertz CT molecular complexity index is 492. The van der Waals surface area contributed by atoms with Gasteiger partial charge in [0.15, 0.2) is 0 Å². The molecule has 3 N–H and O–H groups in total. The van der Waals surface area contributed by atoms with E-state index in [-0.39, 0.29) is 5.91 Å². The van der Waals surface area contributed by atoms with Crippen LogP contribution in [0, 0.1) is 0 Å². The van der Waals surface area contributed by atoms with Crippen LogP contribution in [0.25, 0.3) is 0 Å². The van der Waals surface area contributed by atoms with Gasteiger partial charge in [0, 0.05) is 24.8 Å². The summed E-state index contributed by atoms with van der Waals surface area (Å²) in [4.78, 5) is 14.3. The number of aryl methyl sites for hydroxylation is 2. The minimum absolute atomic E-state index is 0.0819. The van der Waals surface area contributed by atoms with Crippen LogP contribution >= 0.6 is 0 Å². The first-order chi connectivity index (χ1) is 9.70. The fraction of sp³-hybridized carbons (Fsp3) is 0.562. The van der Waals surface area contributed by atoms with Gasteiger partial charge in [-0.3, -0.25) is 9.69 Å². The SMILES string of the molecule is NC1CCN(CC(=O)Nc2ccc3c(c2)CCC3)CC1. The van der Waals surface area contributed by atoms with Gasteiger partial charge in [0.1, 0.15) is 0 Å². The Kier molecular flexibility index (Phi) is 4.03. The molecule has 1 aromatic rings. The molecular weight excluding hydrogens is 250 g/mol. The average Bonchev–Trinajstić information content (AvgIpc) is 2.89. The summed E-state index contributed by atoms with van der Waals surface area (Å²) in [5, 5.41) is 3.02. The summed E-state index contributed by atoms with van der Waals surface area (Å²) >= 11 is 0. The zero-order valence-corrected chi connectivity index (χ0v) is 11.9. The second-order valence-electron chi connectivity index (χ2n) is 6.00. The van der Waals surface area contributed by atoms with E-state index in [9.17, 15) is 4.79 Å². The fourth-order valence-corrected chi connectivity index (χ4v) is 3.16. The number of rotatable bonds is 3. The number of carbonyl (C=O) groups excluding carboxylic acids is 1. The van der Waals surface area contributed by atoms with Crippen molar-refractivity contribution in [3.63, 3.8) is 0 Å². The molecule has 1 fully saturated rings. The Morgan fingerprint density at radius 1 is 1.25 bits per heavy atom. The standard InChI is InChI=1S/C16H23N3O/c17-14-6-8-19(9-7-14)11-16(20)18-15-5-4-12-2-1-3-13(12)10-15/h4-5,10,14H,1-3,6-9,11,17H2,(H,18,20). The molecule has 0 aromatic heterocycles. The van der Waals surface area contributed by atoms with Crippen LogP contribution in [0.15, 0.2) is 18.2 Å². The summed E-state index contributed by atoms with van der Waals surface area (Å²) in [5.74, 6) is 0.0819. The van der Waals surface area contributed by atoms with E-state index < -0.39 is 0 Å². The highest BCUT2D eigenvalue weighted by atomic mass is 16.2. The molecule has 0 spiro atoms. The molecule has 4 heteroatoms. The van der Waals surface area contributed by atoms with E-state index in [0.29, 0.717) is 12.6 Å². The molecule has 1 aromatic carbocycles. The molecule has 3 rings (SSSR count). The largest absolute Gasteiger partial charge is 0.328 e. The molecule has 1 heterocycles. The number of benzene rings is 1. The number of hydrogen-bond acceptors (Lipinski definition) is 3. The van der Waals surface area contributed by atoms with Crippen LogP contribution in [0.5, 0.6) is 0 Å². The Morgan fingerprint density at radius 3 is 2.80 bits per heavy atom. The smallest absolute Gasteiger partial charge is 0.238 e. The number of amides is 1. The van der Waals surface area contributed by atoms with Crippen molar-refractivity contribution in [3.8, 4) is 0 Å². The number of hydrogen-bond donors (Lipinski definition) is 2. The molecule has 20 heavy (non-hydrogen) atoms. The van der Waals surface area contributed by atoms with Crippen molar-refractivity contribution < 1.29 is 4.79 Å². The van der Waals surface area contributed by atoms with Crippen molar-refractivity contribution >= 4 is 11.6 Å². The van der Waals surface area contributed by atoms with Crippen molar-refractivity contribution in [3.05, 3.63) is 29.3 Å². The summed E-state index contributed by atoms with van der Waals surface area (Å²) in [6.07, 6.45) is 5.54. The van der Waals surface area contributed by atoms with E-state index in [1.807, 2.05) is 6.07 Å². The number of anilines is 1. The zero-order chi connectivity index (χ0) is 13.9. The lowest BCUT2D eigenvalue weighted by Crippen LogP contribution is -2.43. The molecule has 2 aliphatic rings. The van der Waals surface area contributed by atoms with Crippen molar-refractivity contribution in [2.75, 3.05) is 25.0 Å². The van der Waals surface area contributed by atoms with Crippen LogP contribution in [0.2, 0.25) is 0 Å². The first kappa shape index (κ1) is 13.6. The fourth-order valence-electron chi connectivity index (χ4n) is 3.16. The minimum atomic E-state index is 0.0819. The van der Waals surface area contributed by atoms with Gasteiger partial charge in [0.25, 0.3) is 0 Å². The maximum atomic E-state index is 12.1. The number of fused-ring (bicyclic) bond motifs is 1. The highest BCUT2D eigenvalue weighted by Crippen LogP contribution is 2.24. The lowest BCUT2D eigenvalue weighted by Gasteiger charge is -2.29. The molecule has 1 amide bonds. The van der Waals surface area contributed by atoms with Crippen LogP contribution < -0.4 is 11.1 Å². The zero-order valence-electron chi connectivity index (χ0n) is 11.9. The number of likely N-dealkylation sites (tertiary alicyclic amines) is 1. The van der Waals surface area contributed by atoms with E-state index >= 15 is 0 Å². The van der Waals surface area contributed by atoms with Gasteiger partial charge in [-0.05, 0) is 55.4 Å². The Labute approximate surface area is 120 Å². The van der Waals surface area contributed by atoms with Crippen molar-refractivity contribution in [2.45, 2.75) is 38.1 Å². The molecule has 0 atom stereocenters. The summed E-state index contributed by atoms with van der Waals surface area (Å²) in [6.45, 7) is 2.33. The molecular formula is C16H23N3O. The second-order valence-corrected chi connectivity index (χ2v) is 6.00. The third kappa shape index (κ3) is 3.19. The number of piperidine rings is 1. The predicted molar refractivity (Wildman–Crippen MR) is 80.7 cm³/mol. The normalized spacial score (nSPS) is 19.9. The maximum Gasteiger partial charge on any atom is 0.238 e. The van der Waals surface area contributed by atoms with Gasteiger partial charge in [-0.2, -0.15) is 0 Å². The van der Waals surface area contributed by atoms with Crippen molar-refractivity contribution in [1.29, 1.82) is 0 Å². The molecule has 1 aliphatic heterocycles. The molecule has 4 nitrogen and oxygen atoms in total. The Balaban J connectivity index is 1.54. The molecule has 1 saturated heterocycles. The summed E-state index contributed by atoms with van der Waals surface area (Å²) < 4.78 is 0. The number of nitrogens with zero attached hydrogens (tertiary/aromatic N) is 1. The van der Waals surface area contributed by atoms with Crippen LogP contribution in [0.3, 0.4) is 0 Å².